The molecule has 3 heteroatoms. The molecule has 0 aliphatic heterocycles. The van der Waals surface area contributed by atoms with Gasteiger partial charge in [-0.1, -0.05) is 25.1 Å². The maximum absolute atomic E-state index is 6.41. The van der Waals surface area contributed by atoms with Crippen molar-refractivity contribution in [2.75, 3.05) is 6.61 Å². The predicted molar refractivity (Wildman–Crippen MR) is 79.0 cm³/mol. The first-order chi connectivity index (χ1) is 9.10. The maximum atomic E-state index is 6.41. The van der Waals surface area contributed by atoms with Crippen LogP contribution in [-0.2, 0) is 4.74 Å². The van der Waals surface area contributed by atoms with Crippen molar-refractivity contribution >= 4 is 10.9 Å². The van der Waals surface area contributed by atoms with Crippen LogP contribution in [0.5, 0.6) is 0 Å². The molecule has 2 aromatic rings. The van der Waals surface area contributed by atoms with E-state index in [2.05, 4.69) is 43.1 Å². The van der Waals surface area contributed by atoms with E-state index >= 15 is 0 Å². The summed E-state index contributed by atoms with van der Waals surface area (Å²) in [6, 6.07) is 10.1. The number of aromatic nitrogens is 1. The van der Waals surface area contributed by atoms with E-state index in [1.54, 1.807) is 6.20 Å². The summed E-state index contributed by atoms with van der Waals surface area (Å²) < 4.78 is 5.86. The summed E-state index contributed by atoms with van der Waals surface area (Å²) >= 11 is 0. The topological polar surface area (TPSA) is 48.1 Å². The quantitative estimate of drug-likeness (QED) is 0.893. The van der Waals surface area contributed by atoms with Gasteiger partial charge in [-0.3, -0.25) is 4.98 Å². The van der Waals surface area contributed by atoms with E-state index in [1.165, 1.54) is 0 Å². The van der Waals surface area contributed by atoms with Crippen LogP contribution in [0.1, 0.15) is 38.8 Å². The normalized spacial score (nSPS) is 16.2. The van der Waals surface area contributed by atoms with Crippen molar-refractivity contribution in [3.8, 4) is 0 Å². The van der Waals surface area contributed by atoms with Gasteiger partial charge in [0.05, 0.1) is 17.2 Å². The molecule has 0 saturated carbocycles. The zero-order chi connectivity index (χ0) is 13.9. The monoisotopic (exact) mass is 258 g/mol. The number of hydrogen-bond donors (Lipinski definition) is 1. The minimum Gasteiger partial charge on any atom is -0.374 e. The Morgan fingerprint density at radius 3 is 2.79 bits per heavy atom. The third kappa shape index (κ3) is 2.77. The van der Waals surface area contributed by atoms with Crippen LogP contribution in [0.25, 0.3) is 10.9 Å². The summed E-state index contributed by atoms with van der Waals surface area (Å²) in [6.07, 6.45) is 2.68. The van der Waals surface area contributed by atoms with E-state index < -0.39 is 0 Å². The van der Waals surface area contributed by atoms with Gasteiger partial charge in [-0.25, -0.2) is 0 Å². The van der Waals surface area contributed by atoms with Gasteiger partial charge in [0.1, 0.15) is 0 Å². The van der Waals surface area contributed by atoms with Crippen molar-refractivity contribution in [1.82, 2.24) is 4.98 Å². The van der Waals surface area contributed by atoms with Gasteiger partial charge in [0.15, 0.2) is 0 Å². The van der Waals surface area contributed by atoms with E-state index in [-0.39, 0.29) is 11.6 Å². The zero-order valence-electron chi connectivity index (χ0n) is 11.9. The number of hydrogen-bond acceptors (Lipinski definition) is 3. The lowest BCUT2D eigenvalue weighted by Gasteiger charge is -2.34. The van der Waals surface area contributed by atoms with Gasteiger partial charge >= 0.3 is 0 Å². The SMILES string of the molecule is CCOC(C)(CC)C(N)c1ccc2cccnc2c1. The number of benzene rings is 1. The van der Waals surface area contributed by atoms with Crippen molar-refractivity contribution in [2.45, 2.75) is 38.8 Å². The number of nitrogens with zero attached hydrogens (tertiary/aromatic N) is 1. The molecule has 2 unspecified atom stereocenters. The zero-order valence-corrected chi connectivity index (χ0v) is 11.9. The van der Waals surface area contributed by atoms with Crippen LogP contribution >= 0.6 is 0 Å². The average Bonchev–Trinajstić information content (AvgIpc) is 2.46. The minimum absolute atomic E-state index is 0.149. The molecule has 0 aliphatic carbocycles. The first kappa shape index (κ1) is 14.0. The van der Waals surface area contributed by atoms with Gasteiger partial charge in [0, 0.05) is 18.2 Å². The van der Waals surface area contributed by atoms with E-state index in [4.69, 9.17) is 10.5 Å². The first-order valence-corrected chi connectivity index (χ1v) is 6.85. The smallest absolute Gasteiger partial charge is 0.0843 e. The molecule has 1 aromatic heterocycles. The molecule has 1 heterocycles. The summed E-state index contributed by atoms with van der Waals surface area (Å²) in [4.78, 5) is 4.38. The molecule has 0 saturated heterocycles. The Labute approximate surface area is 114 Å². The van der Waals surface area contributed by atoms with Crippen molar-refractivity contribution in [2.24, 2.45) is 5.73 Å². The molecule has 3 nitrogen and oxygen atoms in total. The Hall–Kier alpha value is -1.45. The van der Waals surface area contributed by atoms with Crippen molar-refractivity contribution in [3.05, 3.63) is 42.1 Å². The molecule has 0 aliphatic rings. The highest BCUT2D eigenvalue weighted by Crippen LogP contribution is 2.31. The highest BCUT2D eigenvalue weighted by Gasteiger charge is 2.31. The molecule has 2 rings (SSSR count). The third-order valence-corrected chi connectivity index (χ3v) is 3.82. The van der Waals surface area contributed by atoms with Gasteiger partial charge in [-0.05, 0) is 38.0 Å². The maximum Gasteiger partial charge on any atom is 0.0843 e. The largest absolute Gasteiger partial charge is 0.374 e. The van der Waals surface area contributed by atoms with Crippen molar-refractivity contribution < 1.29 is 4.74 Å². The lowest BCUT2D eigenvalue weighted by Crippen LogP contribution is -2.40. The molecule has 102 valence electrons. The second-order valence-corrected chi connectivity index (χ2v) is 5.03. The Balaban J connectivity index is 2.37. The molecule has 0 spiro atoms. The fourth-order valence-corrected chi connectivity index (χ4v) is 2.37. The van der Waals surface area contributed by atoms with Crippen LogP contribution in [0.2, 0.25) is 0 Å². The standard InChI is InChI=1S/C16H22N2O/c1-4-16(3,19-5-2)15(17)13-9-8-12-7-6-10-18-14(12)11-13/h6-11,15H,4-5,17H2,1-3H3. The molecule has 19 heavy (non-hydrogen) atoms. The molecular weight excluding hydrogens is 236 g/mol. The van der Waals surface area contributed by atoms with Crippen LogP contribution in [0.4, 0.5) is 0 Å². The van der Waals surface area contributed by atoms with E-state index in [0.29, 0.717) is 6.61 Å². The lowest BCUT2D eigenvalue weighted by atomic mass is 9.88. The Morgan fingerprint density at radius 1 is 1.32 bits per heavy atom. The van der Waals surface area contributed by atoms with Crippen molar-refractivity contribution in [3.63, 3.8) is 0 Å². The predicted octanol–water partition coefficient (Wildman–Crippen LogP) is 3.44. The Kier molecular flexibility index (Phi) is 4.17. The van der Waals surface area contributed by atoms with Gasteiger partial charge in [0.25, 0.3) is 0 Å². The number of pyridine rings is 1. The molecule has 2 atom stereocenters. The molecule has 0 radical (unpaired) electrons. The fourth-order valence-electron chi connectivity index (χ4n) is 2.37. The number of fused-ring (bicyclic) bond motifs is 1. The van der Waals surface area contributed by atoms with Gasteiger partial charge in [0.2, 0.25) is 0 Å². The van der Waals surface area contributed by atoms with Crippen LogP contribution in [0.3, 0.4) is 0 Å². The molecule has 0 amide bonds. The number of nitrogens with two attached hydrogens (primary N) is 1. The van der Waals surface area contributed by atoms with E-state index in [0.717, 1.165) is 22.9 Å². The molecule has 2 N–H and O–H groups in total. The number of ether oxygens (including phenoxy) is 1. The summed E-state index contributed by atoms with van der Waals surface area (Å²) in [6.45, 7) is 6.85. The number of rotatable bonds is 5. The van der Waals surface area contributed by atoms with E-state index in [1.807, 2.05) is 13.0 Å². The molecule has 0 bridgehead atoms. The van der Waals surface area contributed by atoms with Crippen LogP contribution in [-0.4, -0.2) is 17.2 Å². The second-order valence-electron chi connectivity index (χ2n) is 5.03. The molecular formula is C16H22N2O. The summed E-state index contributed by atoms with van der Waals surface area (Å²) in [5.74, 6) is 0. The third-order valence-electron chi connectivity index (χ3n) is 3.82. The lowest BCUT2D eigenvalue weighted by molar-refractivity contribution is -0.0472. The summed E-state index contributed by atoms with van der Waals surface area (Å²) in [7, 11) is 0. The Morgan fingerprint density at radius 2 is 2.11 bits per heavy atom. The van der Waals surface area contributed by atoms with Crippen LogP contribution in [0, 0.1) is 0 Å². The van der Waals surface area contributed by atoms with Gasteiger partial charge in [-0.15, -0.1) is 0 Å². The summed E-state index contributed by atoms with van der Waals surface area (Å²) in [5, 5.41) is 1.13. The highest BCUT2D eigenvalue weighted by molar-refractivity contribution is 5.79. The Bertz CT molecular complexity index is 555. The van der Waals surface area contributed by atoms with Crippen molar-refractivity contribution in [1.29, 1.82) is 0 Å². The van der Waals surface area contributed by atoms with Gasteiger partial charge < -0.3 is 10.5 Å². The molecule has 1 aromatic carbocycles. The fraction of sp³-hybridized carbons (Fsp3) is 0.438. The van der Waals surface area contributed by atoms with Crippen LogP contribution in [0.15, 0.2) is 36.5 Å². The van der Waals surface area contributed by atoms with Gasteiger partial charge in [-0.2, -0.15) is 0 Å². The first-order valence-electron chi connectivity index (χ1n) is 6.85. The van der Waals surface area contributed by atoms with E-state index in [9.17, 15) is 0 Å². The summed E-state index contributed by atoms with van der Waals surface area (Å²) in [5.41, 5.74) is 8.12. The van der Waals surface area contributed by atoms with Crippen LogP contribution < -0.4 is 5.73 Å². The highest BCUT2D eigenvalue weighted by atomic mass is 16.5. The molecule has 0 fully saturated rings. The average molecular weight is 258 g/mol. The minimum atomic E-state index is -0.336. The second kappa shape index (κ2) is 5.68.